The van der Waals surface area contributed by atoms with Crippen LogP contribution in [0.1, 0.15) is 40.0 Å². The highest BCUT2D eigenvalue weighted by Gasteiger charge is 2.67. The molecule has 100 valence electrons. The number of terminal acetylenes is 1. The highest BCUT2D eigenvalue weighted by atomic mass is 17.3. The van der Waals surface area contributed by atoms with Crippen molar-refractivity contribution >= 4 is 5.97 Å². The van der Waals surface area contributed by atoms with E-state index in [2.05, 4.69) is 5.92 Å². The summed E-state index contributed by atoms with van der Waals surface area (Å²) in [7, 11) is 0. The SMILES string of the molecule is C#CC[C@]1(C(=O)OCC)CC[C@]2(C)OO[C@@]1(C)O2. The molecule has 2 saturated heterocycles. The summed E-state index contributed by atoms with van der Waals surface area (Å²) < 4.78 is 10.9. The molecule has 0 aromatic heterocycles. The van der Waals surface area contributed by atoms with Gasteiger partial charge in [0.25, 0.3) is 0 Å². The number of rotatable bonds is 3. The Bertz CT molecular complexity index is 401. The minimum Gasteiger partial charge on any atom is -0.465 e. The summed E-state index contributed by atoms with van der Waals surface area (Å²) in [6.07, 6.45) is 6.64. The first kappa shape index (κ1) is 13.3. The molecule has 0 aliphatic carbocycles. The smallest absolute Gasteiger partial charge is 0.318 e. The molecule has 18 heavy (non-hydrogen) atoms. The third-order valence-electron chi connectivity index (χ3n) is 3.73. The summed E-state index contributed by atoms with van der Waals surface area (Å²) in [5.74, 6) is 0.129. The highest BCUT2D eigenvalue weighted by molar-refractivity contribution is 5.79. The van der Waals surface area contributed by atoms with E-state index >= 15 is 0 Å². The van der Waals surface area contributed by atoms with E-state index in [1.54, 1.807) is 20.8 Å². The first-order valence-electron chi connectivity index (χ1n) is 6.09. The number of fused-ring (bicyclic) bond motifs is 2. The van der Waals surface area contributed by atoms with Crippen molar-refractivity contribution in [2.45, 2.75) is 51.6 Å². The quantitative estimate of drug-likeness (QED) is 0.436. The number of esters is 1. The summed E-state index contributed by atoms with van der Waals surface area (Å²) in [5.41, 5.74) is -1.01. The third kappa shape index (κ3) is 1.72. The first-order chi connectivity index (χ1) is 8.41. The number of ether oxygens (including phenoxy) is 2. The van der Waals surface area contributed by atoms with Gasteiger partial charge in [0.15, 0.2) is 0 Å². The number of hydrogen-bond acceptors (Lipinski definition) is 5. The lowest BCUT2D eigenvalue weighted by Gasteiger charge is -2.44. The predicted octanol–water partition coefficient (Wildman–Crippen LogP) is 1.76. The first-order valence-corrected chi connectivity index (χ1v) is 6.09. The molecule has 2 bridgehead atoms. The zero-order chi connectivity index (χ0) is 13.4. The van der Waals surface area contributed by atoms with E-state index in [4.69, 9.17) is 25.7 Å². The van der Waals surface area contributed by atoms with Crippen molar-refractivity contribution in [3.05, 3.63) is 0 Å². The van der Waals surface area contributed by atoms with Crippen LogP contribution >= 0.6 is 0 Å². The van der Waals surface area contributed by atoms with Crippen LogP contribution in [-0.2, 0) is 24.0 Å². The van der Waals surface area contributed by atoms with E-state index in [1.807, 2.05) is 0 Å². The molecule has 5 nitrogen and oxygen atoms in total. The minimum atomic E-state index is -1.20. The van der Waals surface area contributed by atoms with Crippen molar-refractivity contribution < 1.29 is 24.0 Å². The van der Waals surface area contributed by atoms with Crippen molar-refractivity contribution in [1.29, 1.82) is 0 Å². The Morgan fingerprint density at radius 3 is 2.72 bits per heavy atom. The predicted molar refractivity (Wildman–Crippen MR) is 61.8 cm³/mol. The topological polar surface area (TPSA) is 54.0 Å². The second kappa shape index (κ2) is 4.23. The van der Waals surface area contributed by atoms with Crippen LogP contribution in [0, 0.1) is 17.8 Å². The van der Waals surface area contributed by atoms with Crippen LogP contribution in [0.25, 0.3) is 0 Å². The maximum absolute atomic E-state index is 12.3. The van der Waals surface area contributed by atoms with E-state index < -0.39 is 23.0 Å². The molecule has 0 unspecified atom stereocenters. The van der Waals surface area contributed by atoms with E-state index in [0.717, 1.165) is 0 Å². The van der Waals surface area contributed by atoms with Gasteiger partial charge in [0.05, 0.1) is 6.61 Å². The number of carbonyl (C=O) groups is 1. The molecule has 5 heteroatoms. The van der Waals surface area contributed by atoms with Crippen LogP contribution in [-0.4, -0.2) is 24.2 Å². The molecule has 2 rings (SSSR count). The van der Waals surface area contributed by atoms with Crippen LogP contribution in [0.4, 0.5) is 0 Å². The van der Waals surface area contributed by atoms with Crippen LogP contribution < -0.4 is 0 Å². The van der Waals surface area contributed by atoms with Gasteiger partial charge in [0, 0.05) is 12.8 Å². The van der Waals surface area contributed by atoms with E-state index in [-0.39, 0.29) is 6.42 Å². The van der Waals surface area contributed by atoms with Crippen LogP contribution in [0.5, 0.6) is 0 Å². The molecule has 2 heterocycles. The van der Waals surface area contributed by atoms with E-state index in [0.29, 0.717) is 19.4 Å². The highest BCUT2D eigenvalue weighted by Crippen LogP contribution is 2.56. The second-order valence-corrected chi connectivity index (χ2v) is 5.03. The van der Waals surface area contributed by atoms with Gasteiger partial charge in [-0.15, -0.1) is 12.3 Å². The molecular formula is C13H18O5. The fourth-order valence-electron chi connectivity index (χ4n) is 2.60. The third-order valence-corrected chi connectivity index (χ3v) is 3.73. The molecule has 0 aromatic rings. The summed E-state index contributed by atoms with van der Waals surface area (Å²) >= 11 is 0. The standard InChI is InChI=1S/C13H18O5/c1-5-7-13(10(14)15-6-2)9-8-11(3)16-12(13,4)18-17-11/h1H,6-9H2,2-4H3/t11-,12+,13+/m0/s1. The lowest BCUT2D eigenvalue weighted by molar-refractivity contribution is -0.352. The second-order valence-electron chi connectivity index (χ2n) is 5.03. The Kier molecular flexibility index (Phi) is 3.14. The lowest BCUT2D eigenvalue weighted by Crippen LogP contribution is -2.57. The molecule has 0 amide bonds. The average molecular weight is 254 g/mol. The zero-order valence-corrected chi connectivity index (χ0v) is 10.9. The Hall–Kier alpha value is -1.09. The van der Waals surface area contributed by atoms with E-state index in [1.165, 1.54) is 0 Å². The van der Waals surface area contributed by atoms with Crippen LogP contribution in [0.15, 0.2) is 0 Å². The molecule has 0 N–H and O–H groups in total. The Morgan fingerprint density at radius 2 is 2.11 bits per heavy atom. The monoisotopic (exact) mass is 254 g/mol. The molecule has 0 aromatic carbocycles. The summed E-state index contributed by atoms with van der Waals surface area (Å²) in [5, 5.41) is 0. The fraction of sp³-hybridized carbons (Fsp3) is 0.769. The molecule has 0 radical (unpaired) electrons. The molecule has 3 atom stereocenters. The van der Waals surface area contributed by atoms with Gasteiger partial charge >= 0.3 is 5.97 Å². The van der Waals surface area contributed by atoms with E-state index in [9.17, 15) is 4.79 Å². The lowest BCUT2D eigenvalue weighted by atomic mass is 9.71. The molecule has 2 fully saturated rings. The van der Waals surface area contributed by atoms with Gasteiger partial charge in [-0.2, -0.15) is 9.78 Å². The molecule has 2 aliphatic rings. The Labute approximate surface area is 107 Å². The van der Waals surface area contributed by atoms with Gasteiger partial charge in [-0.3, -0.25) is 4.79 Å². The van der Waals surface area contributed by atoms with Crippen molar-refractivity contribution in [1.82, 2.24) is 0 Å². The fourth-order valence-corrected chi connectivity index (χ4v) is 2.60. The summed E-state index contributed by atoms with van der Waals surface area (Å²) in [6.45, 7) is 5.50. The molecule has 0 spiro atoms. The van der Waals surface area contributed by atoms with Gasteiger partial charge in [-0.1, -0.05) is 0 Å². The maximum atomic E-state index is 12.3. The van der Waals surface area contributed by atoms with Gasteiger partial charge in [-0.05, 0) is 27.2 Å². The van der Waals surface area contributed by atoms with Crippen LogP contribution in [0.3, 0.4) is 0 Å². The molecular weight excluding hydrogens is 236 g/mol. The minimum absolute atomic E-state index is 0.196. The number of carbonyl (C=O) groups excluding carboxylic acids is 1. The maximum Gasteiger partial charge on any atom is 0.318 e. The zero-order valence-electron chi connectivity index (χ0n) is 10.9. The van der Waals surface area contributed by atoms with Crippen molar-refractivity contribution in [2.75, 3.05) is 6.61 Å². The largest absolute Gasteiger partial charge is 0.465 e. The van der Waals surface area contributed by atoms with Crippen molar-refractivity contribution in [3.8, 4) is 12.3 Å². The summed E-state index contributed by atoms with van der Waals surface area (Å²) in [4.78, 5) is 22.8. The number of hydrogen-bond donors (Lipinski definition) is 0. The summed E-state index contributed by atoms with van der Waals surface area (Å²) in [6, 6.07) is 0. The molecule has 2 aliphatic heterocycles. The van der Waals surface area contributed by atoms with Gasteiger partial charge in [0.1, 0.15) is 5.41 Å². The Morgan fingerprint density at radius 1 is 1.39 bits per heavy atom. The van der Waals surface area contributed by atoms with Gasteiger partial charge < -0.3 is 9.47 Å². The average Bonchev–Trinajstić information content (AvgIpc) is 2.58. The normalized spacial score (nSPS) is 42.3. The van der Waals surface area contributed by atoms with Crippen molar-refractivity contribution in [3.63, 3.8) is 0 Å². The Balaban J connectivity index is 2.36. The molecule has 0 saturated carbocycles. The van der Waals surface area contributed by atoms with Crippen LogP contribution in [0.2, 0.25) is 0 Å². The van der Waals surface area contributed by atoms with Gasteiger partial charge in [-0.25, -0.2) is 0 Å². The van der Waals surface area contributed by atoms with Crippen molar-refractivity contribution in [2.24, 2.45) is 5.41 Å². The van der Waals surface area contributed by atoms with Gasteiger partial charge in [0.2, 0.25) is 11.6 Å².